The fourth-order valence-electron chi connectivity index (χ4n) is 4.28. The molecule has 0 unspecified atom stereocenters. The third-order valence-electron chi connectivity index (χ3n) is 6.20. The van der Waals surface area contributed by atoms with E-state index in [4.69, 9.17) is 9.47 Å². The smallest absolute Gasteiger partial charge is 0.416 e. The normalized spacial score (nSPS) is 15.2. The highest BCUT2D eigenvalue weighted by atomic mass is 19.4. The predicted octanol–water partition coefficient (Wildman–Crippen LogP) is 5.63. The Bertz CT molecular complexity index is 1380. The minimum absolute atomic E-state index is 0.00748. The van der Waals surface area contributed by atoms with Crippen LogP contribution in [0, 0.1) is 11.6 Å². The molecule has 3 aromatic rings. The summed E-state index contributed by atoms with van der Waals surface area (Å²) in [6.07, 6.45) is -4.57. The van der Waals surface area contributed by atoms with Gasteiger partial charge in [0.15, 0.2) is 5.75 Å². The van der Waals surface area contributed by atoms with E-state index in [1.54, 1.807) is 23.1 Å². The van der Waals surface area contributed by atoms with Crippen molar-refractivity contribution in [1.82, 2.24) is 9.80 Å². The van der Waals surface area contributed by atoms with Crippen molar-refractivity contribution in [2.24, 2.45) is 4.99 Å². The Kier molecular flexibility index (Phi) is 6.22. The van der Waals surface area contributed by atoms with E-state index >= 15 is 0 Å². The number of benzene rings is 3. The van der Waals surface area contributed by atoms with E-state index in [0.29, 0.717) is 22.9 Å². The number of fused-ring (bicyclic) bond motifs is 2. The zero-order valence-corrected chi connectivity index (χ0v) is 19.5. The molecule has 2 aliphatic heterocycles. The summed E-state index contributed by atoms with van der Waals surface area (Å²) in [6.45, 7) is 0.652. The molecule has 0 atom stereocenters. The maximum absolute atomic E-state index is 14.1. The second-order valence-electron chi connectivity index (χ2n) is 8.46. The van der Waals surface area contributed by atoms with Crippen LogP contribution in [0.25, 0.3) is 0 Å². The topological polar surface area (TPSA) is 54.4 Å². The van der Waals surface area contributed by atoms with Crippen molar-refractivity contribution in [2.75, 3.05) is 33.3 Å². The van der Waals surface area contributed by atoms with Crippen molar-refractivity contribution < 1.29 is 36.2 Å². The van der Waals surface area contributed by atoms with Crippen LogP contribution in [0.5, 0.6) is 17.2 Å². The summed E-state index contributed by atoms with van der Waals surface area (Å²) in [6, 6.07) is 11.2. The number of carbonyl (C=O) groups excluding carboxylic acids is 1. The average Bonchev–Trinajstić information content (AvgIpc) is 3.04. The van der Waals surface area contributed by atoms with Crippen LogP contribution in [0.2, 0.25) is 0 Å². The summed E-state index contributed by atoms with van der Waals surface area (Å²) in [5, 5.41) is 0. The second kappa shape index (κ2) is 9.38. The molecule has 0 spiro atoms. The quantitative estimate of drug-likeness (QED) is 0.414. The van der Waals surface area contributed by atoms with E-state index in [-0.39, 0.29) is 37.6 Å². The van der Waals surface area contributed by atoms with Crippen LogP contribution in [-0.4, -0.2) is 54.8 Å². The zero-order chi connectivity index (χ0) is 26.3. The van der Waals surface area contributed by atoms with E-state index in [2.05, 4.69) is 4.99 Å². The summed E-state index contributed by atoms with van der Waals surface area (Å²) in [4.78, 5) is 20.5. The molecule has 1 fully saturated rings. The van der Waals surface area contributed by atoms with Crippen LogP contribution in [0.1, 0.15) is 21.5 Å². The van der Waals surface area contributed by atoms with Gasteiger partial charge in [-0.05, 0) is 48.5 Å². The fraction of sp³-hybridized carbons (Fsp3) is 0.231. The average molecular weight is 517 g/mol. The van der Waals surface area contributed by atoms with Gasteiger partial charge >= 0.3 is 6.18 Å². The van der Waals surface area contributed by atoms with Gasteiger partial charge in [0.1, 0.15) is 40.2 Å². The molecule has 37 heavy (non-hydrogen) atoms. The number of piperazine rings is 1. The number of rotatable bonds is 2. The number of hydrogen-bond acceptors (Lipinski definition) is 5. The van der Waals surface area contributed by atoms with E-state index in [1.807, 2.05) is 0 Å². The largest absolute Gasteiger partial charge is 0.497 e. The van der Waals surface area contributed by atoms with E-state index in [1.165, 1.54) is 24.1 Å². The fourth-order valence-corrected chi connectivity index (χ4v) is 4.28. The first kappa shape index (κ1) is 24.5. The Morgan fingerprint density at radius 2 is 1.62 bits per heavy atom. The van der Waals surface area contributed by atoms with E-state index in [9.17, 15) is 26.7 Å². The second-order valence-corrected chi connectivity index (χ2v) is 8.46. The summed E-state index contributed by atoms with van der Waals surface area (Å²) in [7, 11) is 1.48. The molecule has 0 saturated carbocycles. The van der Waals surface area contributed by atoms with Crippen molar-refractivity contribution in [3.63, 3.8) is 0 Å². The van der Waals surface area contributed by atoms with Gasteiger partial charge in [0.05, 0.1) is 18.2 Å². The third kappa shape index (κ3) is 4.68. The number of amides is 1. The lowest BCUT2D eigenvalue weighted by Crippen LogP contribution is -2.51. The molecule has 0 radical (unpaired) electrons. The van der Waals surface area contributed by atoms with Crippen molar-refractivity contribution in [3.05, 3.63) is 82.9 Å². The highest BCUT2D eigenvalue weighted by molar-refractivity contribution is 6.04. The minimum Gasteiger partial charge on any atom is -0.497 e. The zero-order valence-electron chi connectivity index (χ0n) is 19.5. The predicted molar refractivity (Wildman–Crippen MR) is 125 cm³/mol. The number of hydrogen-bond donors (Lipinski definition) is 0. The maximum atomic E-state index is 14.1. The van der Waals surface area contributed by atoms with Gasteiger partial charge < -0.3 is 19.3 Å². The Hall–Kier alpha value is -4.15. The number of halogens is 5. The van der Waals surface area contributed by atoms with Crippen LogP contribution in [0.4, 0.5) is 27.6 Å². The van der Waals surface area contributed by atoms with E-state index < -0.39 is 34.8 Å². The monoisotopic (exact) mass is 517 g/mol. The first-order chi connectivity index (χ1) is 17.7. The van der Waals surface area contributed by atoms with Gasteiger partial charge in [0.25, 0.3) is 5.91 Å². The van der Waals surface area contributed by atoms with Crippen molar-refractivity contribution in [1.29, 1.82) is 0 Å². The number of amidine groups is 1. The first-order valence-electron chi connectivity index (χ1n) is 11.3. The molecule has 1 saturated heterocycles. The molecular weight excluding hydrogens is 497 g/mol. The number of nitrogens with zero attached hydrogens (tertiary/aromatic N) is 3. The van der Waals surface area contributed by atoms with Crippen molar-refractivity contribution in [3.8, 4) is 17.2 Å². The third-order valence-corrected chi connectivity index (χ3v) is 6.20. The lowest BCUT2D eigenvalue weighted by molar-refractivity contribution is -0.137. The molecule has 11 heteroatoms. The first-order valence-corrected chi connectivity index (χ1v) is 11.3. The Morgan fingerprint density at radius 1 is 0.946 bits per heavy atom. The van der Waals surface area contributed by atoms with Crippen molar-refractivity contribution >= 4 is 17.4 Å². The van der Waals surface area contributed by atoms with Crippen molar-refractivity contribution in [2.45, 2.75) is 6.18 Å². The lowest BCUT2D eigenvalue weighted by atomic mass is 10.1. The number of aliphatic imine (C=N–C) groups is 1. The summed E-state index contributed by atoms with van der Waals surface area (Å²) in [5.74, 6) is -1.34. The lowest BCUT2D eigenvalue weighted by Gasteiger charge is -2.36. The van der Waals surface area contributed by atoms with Gasteiger partial charge in [-0.3, -0.25) is 4.79 Å². The molecule has 6 nitrogen and oxygen atoms in total. The van der Waals surface area contributed by atoms with E-state index in [0.717, 1.165) is 24.3 Å². The molecular formula is C26H20F5N3O3. The molecule has 2 heterocycles. The molecule has 0 N–H and O–H groups in total. The number of methoxy groups -OCH3 is 1. The molecule has 0 aromatic heterocycles. The highest BCUT2D eigenvalue weighted by Gasteiger charge is 2.33. The summed E-state index contributed by atoms with van der Waals surface area (Å²) >= 11 is 0. The number of carbonyl (C=O) groups is 1. The minimum atomic E-state index is -4.57. The molecule has 3 aromatic carbocycles. The van der Waals surface area contributed by atoms with Gasteiger partial charge in [0, 0.05) is 26.2 Å². The highest BCUT2D eigenvalue weighted by Crippen LogP contribution is 2.42. The Balaban J connectivity index is 1.49. The standard InChI is InChI=1S/C26H20F5N3O3/c1-36-16-6-8-21-17(14-16)24(32-20-13-15(26(29,30)31)5-7-22(20)37-21)33-9-11-34(12-10-33)25(35)23-18(27)3-2-4-19(23)28/h2-8,13-14H,9-12H2,1H3. The maximum Gasteiger partial charge on any atom is 0.416 e. The SMILES string of the molecule is COc1ccc2c(c1)C(N1CCN(C(=O)c3c(F)cccc3F)CC1)=Nc1cc(C(F)(F)F)ccc1O2. The molecule has 1 amide bonds. The molecule has 192 valence electrons. The molecule has 5 rings (SSSR count). The molecule has 2 aliphatic rings. The number of alkyl halides is 3. The summed E-state index contributed by atoms with van der Waals surface area (Å²) in [5.41, 5.74) is -1.01. The van der Waals surface area contributed by atoms with Crippen LogP contribution in [0.15, 0.2) is 59.6 Å². The van der Waals surface area contributed by atoms with Crippen LogP contribution in [-0.2, 0) is 6.18 Å². The Labute approximate surface area is 208 Å². The van der Waals surface area contributed by atoms with Gasteiger partial charge in [0.2, 0.25) is 0 Å². The van der Waals surface area contributed by atoms with Crippen LogP contribution in [0.3, 0.4) is 0 Å². The van der Waals surface area contributed by atoms with Crippen LogP contribution < -0.4 is 9.47 Å². The summed E-state index contributed by atoms with van der Waals surface area (Å²) < 4.78 is 79.7. The Morgan fingerprint density at radius 3 is 2.27 bits per heavy atom. The number of ether oxygens (including phenoxy) is 2. The van der Waals surface area contributed by atoms with Gasteiger partial charge in [-0.15, -0.1) is 0 Å². The van der Waals surface area contributed by atoms with Gasteiger partial charge in [-0.2, -0.15) is 13.2 Å². The molecule has 0 aliphatic carbocycles. The molecule has 0 bridgehead atoms. The van der Waals surface area contributed by atoms with Gasteiger partial charge in [-0.25, -0.2) is 13.8 Å². The van der Waals surface area contributed by atoms with Gasteiger partial charge in [-0.1, -0.05) is 6.07 Å². The van der Waals surface area contributed by atoms with Crippen LogP contribution >= 0.6 is 0 Å².